The lowest BCUT2D eigenvalue weighted by atomic mass is 10.2. The lowest BCUT2D eigenvalue weighted by Crippen LogP contribution is -2.05. The van der Waals surface area contributed by atoms with Gasteiger partial charge in [0.1, 0.15) is 5.75 Å². The molecule has 0 saturated heterocycles. The third-order valence-corrected chi connectivity index (χ3v) is 2.69. The molecule has 0 fully saturated rings. The molecule has 96 valence electrons. The van der Waals surface area contributed by atoms with Crippen molar-refractivity contribution in [3.05, 3.63) is 48.5 Å². The first-order chi connectivity index (χ1) is 8.88. The number of nitrogens with zero attached hydrogens (tertiary/aromatic N) is 2. The van der Waals surface area contributed by atoms with E-state index in [-0.39, 0.29) is 0 Å². The number of aromatic nitrogens is 2. The molecular weight excluding hydrogens is 226 g/mol. The lowest BCUT2D eigenvalue weighted by Gasteiger charge is -2.07. The number of aryl methyl sites for hydroxylation is 1. The Bertz CT molecular complexity index is 437. The molecule has 0 aliphatic heterocycles. The van der Waals surface area contributed by atoms with E-state index in [1.54, 1.807) is 6.20 Å². The van der Waals surface area contributed by atoms with Crippen LogP contribution in [0.2, 0.25) is 0 Å². The minimum absolute atomic E-state index is 0.726. The second kappa shape index (κ2) is 6.81. The Morgan fingerprint density at radius 1 is 1.28 bits per heavy atom. The molecule has 0 aliphatic rings. The Balaban J connectivity index is 1.69. The molecule has 0 bridgehead atoms. The molecule has 0 radical (unpaired) electrons. The number of imidazole rings is 1. The van der Waals surface area contributed by atoms with Crippen LogP contribution >= 0.6 is 0 Å². The predicted molar refractivity (Wildman–Crippen MR) is 71.5 cm³/mol. The van der Waals surface area contributed by atoms with Gasteiger partial charge in [0, 0.05) is 25.5 Å². The van der Waals surface area contributed by atoms with Crippen LogP contribution in [0.15, 0.2) is 43.0 Å². The topological polar surface area (TPSA) is 39.1 Å². The number of ether oxygens (including phenoxy) is 1. The molecular formula is C14H19N3O. The van der Waals surface area contributed by atoms with Crippen molar-refractivity contribution in [1.29, 1.82) is 0 Å². The zero-order valence-corrected chi connectivity index (χ0v) is 10.7. The van der Waals surface area contributed by atoms with Crippen molar-refractivity contribution in [2.24, 2.45) is 0 Å². The first-order valence-electron chi connectivity index (χ1n) is 6.20. The second-order valence-electron chi connectivity index (χ2n) is 4.18. The van der Waals surface area contributed by atoms with Crippen LogP contribution in [-0.2, 0) is 13.1 Å². The van der Waals surface area contributed by atoms with Gasteiger partial charge in [-0.3, -0.25) is 0 Å². The summed E-state index contributed by atoms with van der Waals surface area (Å²) < 4.78 is 7.74. The fraction of sp³-hybridized carbons (Fsp3) is 0.357. The van der Waals surface area contributed by atoms with Crippen LogP contribution in [0, 0.1) is 0 Å². The Hall–Kier alpha value is -1.81. The maximum Gasteiger partial charge on any atom is 0.119 e. The van der Waals surface area contributed by atoms with E-state index in [9.17, 15) is 0 Å². The van der Waals surface area contributed by atoms with Crippen LogP contribution in [-0.4, -0.2) is 23.2 Å². The van der Waals surface area contributed by atoms with Crippen molar-refractivity contribution in [2.45, 2.75) is 19.5 Å². The van der Waals surface area contributed by atoms with Crippen LogP contribution in [0.3, 0.4) is 0 Å². The summed E-state index contributed by atoms with van der Waals surface area (Å²) in [6, 6.07) is 8.21. The maximum atomic E-state index is 5.68. The van der Waals surface area contributed by atoms with Crippen LogP contribution in [0.1, 0.15) is 12.0 Å². The van der Waals surface area contributed by atoms with Crippen molar-refractivity contribution in [1.82, 2.24) is 14.9 Å². The van der Waals surface area contributed by atoms with E-state index in [1.165, 1.54) is 5.56 Å². The van der Waals surface area contributed by atoms with Gasteiger partial charge in [-0.1, -0.05) is 12.1 Å². The molecule has 1 N–H and O–H groups in total. The molecule has 0 unspecified atom stereocenters. The fourth-order valence-electron chi connectivity index (χ4n) is 1.76. The van der Waals surface area contributed by atoms with Crippen LogP contribution < -0.4 is 10.1 Å². The molecule has 0 saturated carbocycles. The zero-order chi connectivity index (χ0) is 12.6. The molecule has 18 heavy (non-hydrogen) atoms. The average Bonchev–Trinajstić information content (AvgIpc) is 2.90. The first-order valence-corrected chi connectivity index (χ1v) is 6.20. The number of hydrogen-bond acceptors (Lipinski definition) is 3. The van der Waals surface area contributed by atoms with E-state index >= 15 is 0 Å². The minimum atomic E-state index is 0.726. The SMILES string of the molecule is CNCc1ccc(OCCCn2ccnc2)cc1. The predicted octanol–water partition coefficient (Wildman–Crippen LogP) is 2.07. The zero-order valence-electron chi connectivity index (χ0n) is 10.7. The van der Waals surface area contributed by atoms with Gasteiger partial charge >= 0.3 is 0 Å². The van der Waals surface area contributed by atoms with Gasteiger partial charge in [-0.2, -0.15) is 0 Å². The van der Waals surface area contributed by atoms with E-state index < -0.39 is 0 Å². The Labute approximate surface area is 108 Å². The standard InChI is InChI=1S/C14H19N3O/c1-15-11-13-3-5-14(6-4-13)18-10-2-8-17-9-7-16-12-17/h3-7,9,12,15H,2,8,10-11H2,1H3. The van der Waals surface area contributed by atoms with Crippen LogP contribution in [0.5, 0.6) is 5.75 Å². The highest BCUT2D eigenvalue weighted by molar-refractivity contribution is 5.27. The van der Waals surface area contributed by atoms with E-state index in [2.05, 4.69) is 27.0 Å². The molecule has 4 nitrogen and oxygen atoms in total. The average molecular weight is 245 g/mol. The molecule has 1 aromatic heterocycles. The van der Waals surface area contributed by atoms with Gasteiger partial charge in [-0.15, -0.1) is 0 Å². The maximum absolute atomic E-state index is 5.68. The third kappa shape index (κ3) is 3.89. The summed E-state index contributed by atoms with van der Waals surface area (Å²) in [5, 5.41) is 3.12. The van der Waals surface area contributed by atoms with Gasteiger partial charge in [0.15, 0.2) is 0 Å². The monoisotopic (exact) mass is 245 g/mol. The molecule has 0 atom stereocenters. The molecule has 2 aromatic rings. The van der Waals surface area contributed by atoms with E-state index in [1.807, 2.05) is 31.7 Å². The fourth-order valence-corrected chi connectivity index (χ4v) is 1.76. The van der Waals surface area contributed by atoms with Crippen LogP contribution in [0.25, 0.3) is 0 Å². The smallest absolute Gasteiger partial charge is 0.119 e. The van der Waals surface area contributed by atoms with E-state index in [0.29, 0.717) is 0 Å². The summed E-state index contributed by atoms with van der Waals surface area (Å²) in [6.07, 6.45) is 6.56. The number of nitrogens with one attached hydrogen (secondary N) is 1. The van der Waals surface area contributed by atoms with Crippen molar-refractivity contribution in [2.75, 3.05) is 13.7 Å². The van der Waals surface area contributed by atoms with Gasteiger partial charge in [0.25, 0.3) is 0 Å². The summed E-state index contributed by atoms with van der Waals surface area (Å²) in [7, 11) is 1.94. The highest BCUT2D eigenvalue weighted by Gasteiger charge is 1.96. The van der Waals surface area contributed by atoms with E-state index in [0.717, 1.165) is 31.9 Å². The van der Waals surface area contributed by atoms with Gasteiger partial charge in [-0.05, 0) is 31.2 Å². The van der Waals surface area contributed by atoms with Gasteiger partial charge in [-0.25, -0.2) is 4.98 Å². The summed E-state index contributed by atoms with van der Waals surface area (Å²) in [5.74, 6) is 0.931. The normalized spacial score (nSPS) is 10.5. The van der Waals surface area contributed by atoms with Crippen LogP contribution in [0.4, 0.5) is 0 Å². The summed E-state index contributed by atoms with van der Waals surface area (Å²) in [4.78, 5) is 4.00. The third-order valence-electron chi connectivity index (χ3n) is 2.69. The van der Waals surface area contributed by atoms with Crippen molar-refractivity contribution < 1.29 is 4.74 Å². The molecule has 4 heteroatoms. The van der Waals surface area contributed by atoms with Gasteiger partial charge in [0.05, 0.1) is 12.9 Å². The molecule has 0 aliphatic carbocycles. The highest BCUT2D eigenvalue weighted by atomic mass is 16.5. The molecule has 2 rings (SSSR count). The Kier molecular flexibility index (Phi) is 4.78. The number of benzene rings is 1. The first kappa shape index (κ1) is 12.6. The van der Waals surface area contributed by atoms with Crippen molar-refractivity contribution in [3.63, 3.8) is 0 Å². The largest absolute Gasteiger partial charge is 0.494 e. The molecule has 1 aromatic carbocycles. The second-order valence-corrected chi connectivity index (χ2v) is 4.18. The number of hydrogen-bond donors (Lipinski definition) is 1. The quantitative estimate of drug-likeness (QED) is 0.759. The molecule has 0 amide bonds. The summed E-state index contributed by atoms with van der Waals surface area (Å²) >= 11 is 0. The number of rotatable bonds is 7. The Morgan fingerprint density at radius 3 is 2.78 bits per heavy atom. The minimum Gasteiger partial charge on any atom is -0.494 e. The summed E-state index contributed by atoms with van der Waals surface area (Å²) in [5.41, 5.74) is 1.27. The van der Waals surface area contributed by atoms with Gasteiger partial charge < -0.3 is 14.6 Å². The van der Waals surface area contributed by atoms with Crippen molar-refractivity contribution in [3.8, 4) is 5.75 Å². The molecule has 0 spiro atoms. The molecule has 1 heterocycles. The van der Waals surface area contributed by atoms with E-state index in [4.69, 9.17) is 4.74 Å². The van der Waals surface area contributed by atoms with Crippen molar-refractivity contribution >= 4 is 0 Å². The lowest BCUT2D eigenvalue weighted by molar-refractivity contribution is 0.301. The van der Waals surface area contributed by atoms with Gasteiger partial charge in [0.2, 0.25) is 0 Å². The highest BCUT2D eigenvalue weighted by Crippen LogP contribution is 2.12. The summed E-state index contributed by atoms with van der Waals surface area (Å²) in [6.45, 7) is 2.56. The Morgan fingerprint density at radius 2 is 2.11 bits per heavy atom.